The minimum absolute atomic E-state index is 0.0985. The first-order chi connectivity index (χ1) is 12.8. The summed E-state index contributed by atoms with van der Waals surface area (Å²) in [4.78, 5) is 18.3. The van der Waals surface area contributed by atoms with Gasteiger partial charge in [-0.3, -0.25) is 4.79 Å². The van der Waals surface area contributed by atoms with Gasteiger partial charge in [0.05, 0.1) is 27.7 Å². The van der Waals surface area contributed by atoms with Gasteiger partial charge in [0, 0.05) is 7.05 Å². The lowest BCUT2D eigenvalue weighted by Gasteiger charge is -2.23. The highest BCUT2D eigenvalue weighted by Gasteiger charge is 2.22. The summed E-state index contributed by atoms with van der Waals surface area (Å²) in [6.07, 6.45) is 0. The Morgan fingerprint density at radius 2 is 1.89 bits per heavy atom. The monoisotopic (exact) mass is 407 g/mol. The van der Waals surface area contributed by atoms with Crippen LogP contribution < -0.4 is 4.72 Å². The van der Waals surface area contributed by atoms with Gasteiger partial charge in [0.15, 0.2) is 0 Å². The van der Waals surface area contributed by atoms with Gasteiger partial charge in [0.2, 0.25) is 15.9 Å². The van der Waals surface area contributed by atoms with E-state index in [1.165, 1.54) is 16.2 Å². The molecule has 0 bridgehead atoms. The molecule has 27 heavy (non-hydrogen) atoms. The Labute approximate surface area is 160 Å². The molecule has 2 aromatic carbocycles. The Kier molecular flexibility index (Phi) is 5.54. The van der Waals surface area contributed by atoms with E-state index in [1.54, 1.807) is 7.05 Å². The van der Waals surface area contributed by atoms with Crippen LogP contribution in [0.25, 0.3) is 10.2 Å². The normalized spacial score (nSPS) is 12.9. The number of amides is 1. The van der Waals surface area contributed by atoms with Crippen molar-refractivity contribution in [3.05, 3.63) is 59.4 Å². The van der Waals surface area contributed by atoms with Gasteiger partial charge < -0.3 is 4.90 Å². The smallest absolute Gasteiger partial charge is 0.241 e. The van der Waals surface area contributed by atoms with E-state index in [0.29, 0.717) is 0 Å². The molecule has 1 aromatic heterocycles. The van der Waals surface area contributed by atoms with Crippen LogP contribution in [0, 0.1) is 5.82 Å². The fraction of sp³-hybridized carbons (Fsp3) is 0.222. The topological polar surface area (TPSA) is 79.4 Å². The SMILES string of the molecule is C[C@H](c1nc2ccccc2s1)N(C)C(=O)CNS(=O)(=O)c1ccc(F)cc1. The molecule has 3 rings (SSSR count). The van der Waals surface area contributed by atoms with Gasteiger partial charge in [-0.05, 0) is 43.3 Å². The summed E-state index contributed by atoms with van der Waals surface area (Å²) < 4.78 is 40.6. The Balaban J connectivity index is 1.67. The molecule has 0 aliphatic heterocycles. The predicted molar refractivity (Wildman–Crippen MR) is 102 cm³/mol. The van der Waals surface area contributed by atoms with Crippen molar-refractivity contribution in [1.82, 2.24) is 14.6 Å². The van der Waals surface area contributed by atoms with Gasteiger partial charge in [0.1, 0.15) is 10.8 Å². The molecule has 9 heteroatoms. The Morgan fingerprint density at radius 3 is 2.56 bits per heavy atom. The number of likely N-dealkylation sites (N-methyl/N-ethyl adjacent to an activating group) is 1. The number of para-hydroxylation sites is 1. The summed E-state index contributed by atoms with van der Waals surface area (Å²) >= 11 is 1.49. The molecule has 0 saturated heterocycles. The first kappa shape index (κ1) is 19.4. The van der Waals surface area contributed by atoms with Crippen LogP contribution in [-0.4, -0.2) is 37.8 Å². The standard InChI is InChI=1S/C18H18FN3O3S2/c1-12(18-21-15-5-3-4-6-16(15)26-18)22(2)17(23)11-20-27(24,25)14-9-7-13(19)8-10-14/h3-10,12,20H,11H2,1-2H3/t12-/m1/s1. The first-order valence-corrected chi connectivity index (χ1v) is 10.4. The van der Waals surface area contributed by atoms with Crippen LogP contribution in [0.2, 0.25) is 0 Å². The molecular formula is C18H18FN3O3S2. The fourth-order valence-corrected chi connectivity index (χ4v) is 4.47. The summed E-state index contributed by atoms with van der Waals surface area (Å²) in [7, 11) is -2.29. The maximum absolute atomic E-state index is 12.9. The lowest BCUT2D eigenvalue weighted by Crippen LogP contribution is -2.39. The number of carbonyl (C=O) groups excluding carboxylic acids is 1. The number of carbonyl (C=O) groups is 1. The van der Waals surface area contributed by atoms with Crippen LogP contribution in [0.1, 0.15) is 18.0 Å². The van der Waals surface area contributed by atoms with Gasteiger partial charge in [-0.25, -0.2) is 22.5 Å². The van der Waals surface area contributed by atoms with Crippen molar-refractivity contribution in [2.75, 3.05) is 13.6 Å². The number of fused-ring (bicyclic) bond motifs is 1. The average Bonchev–Trinajstić information content (AvgIpc) is 3.09. The number of hydrogen-bond donors (Lipinski definition) is 1. The van der Waals surface area contributed by atoms with Gasteiger partial charge in [-0.2, -0.15) is 0 Å². The maximum Gasteiger partial charge on any atom is 0.241 e. The van der Waals surface area contributed by atoms with Crippen molar-refractivity contribution in [3.63, 3.8) is 0 Å². The number of sulfonamides is 1. The molecule has 6 nitrogen and oxygen atoms in total. The number of nitrogens with zero attached hydrogens (tertiary/aromatic N) is 2. The van der Waals surface area contributed by atoms with Gasteiger partial charge in [-0.15, -0.1) is 11.3 Å². The quantitative estimate of drug-likeness (QED) is 0.681. The Morgan fingerprint density at radius 1 is 1.22 bits per heavy atom. The molecule has 3 aromatic rings. The van der Waals surface area contributed by atoms with Crippen LogP contribution in [-0.2, 0) is 14.8 Å². The minimum atomic E-state index is -3.89. The molecule has 0 aliphatic carbocycles. The summed E-state index contributed by atoms with van der Waals surface area (Å²) in [6.45, 7) is 1.44. The summed E-state index contributed by atoms with van der Waals surface area (Å²) in [6, 6.07) is 11.8. The number of thiazole rings is 1. The molecule has 142 valence electrons. The molecular weight excluding hydrogens is 389 g/mol. The summed E-state index contributed by atoms with van der Waals surface area (Å²) in [5.41, 5.74) is 0.863. The van der Waals surface area contributed by atoms with E-state index in [9.17, 15) is 17.6 Å². The second kappa shape index (κ2) is 7.71. The molecule has 0 fully saturated rings. The van der Waals surface area contributed by atoms with E-state index >= 15 is 0 Å². The van der Waals surface area contributed by atoms with Crippen LogP contribution in [0.4, 0.5) is 4.39 Å². The third kappa shape index (κ3) is 4.32. The number of halogens is 1. The third-order valence-electron chi connectivity index (χ3n) is 4.18. The number of benzene rings is 2. The van der Waals surface area contributed by atoms with Crippen molar-refractivity contribution in [2.45, 2.75) is 17.9 Å². The van der Waals surface area contributed by atoms with Gasteiger partial charge in [0.25, 0.3) is 0 Å². The minimum Gasteiger partial charge on any atom is -0.335 e. The zero-order valence-electron chi connectivity index (χ0n) is 14.7. The predicted octanol–water partition coefficient (Wildman–Crippen LogP) is 2.93. The lowest BCUT2D eigenvalue weighted by molar-refractivity contribution is -0.130. The average molecular weight is 407 g/mol. The Hall–Kier alpha value is -2.36. The van der Waals surface area contributed by atoms with Crippen molar-refractivity contribution < 1.29 is 17.6 Å². The molecule has 1 amide bonds. The van der Waals surface area contributed by atoms with E-state index in [1.807, 2.05) is 31.2 Å². The Bertz CT molecular complexity index is 1030. The maximum atomic E-state index is 12.9. The highest BCUT2D eigenvalue weighted by Crippen LogP contribution is 2.28. The number of nitrogens with one attached hydrogen (secondary N) is 1. The lowest BCUT2D eigenvalue weighted by atomic mass is 10.3. The van der Waals surface area contributed by atoms with Crippen LogP contribution >= 0.6 is 11.3 Å². The second-order valence-electron chi connectivity index (χ2n) is 5.98. The molecule has 1 atom stereocenters. The second-order valence-corrected chi connectivity index (χ2v) is 8.81. The largest absolute Gasteiger partial charge is 0.335 e. The number of hydrogen-bond acceptors (Lipinski definition) is 5. The zero-order chi connectivity index (χ0) is 19.6. The molecule has 0 radical (unpaired) electrons. The number of aromatic nitrogens is 1. The van der Waals surface area contributed by atoms with Crippen LogP contribution in [0.3, 0.4) is 0 Å². The molecule has 0 spiro atoms. The summed E-state index contributed by atoms with van der Waals surface area (Å²) in [5, 5.41) is 0.772. The molecule has 1 N–H and O–H groups in total. The first-order valence-electron chi connectivity index (χ1n) is 8.14. The third-order valence-corrected chi connectivity index (χ3v) is 6.80. The highest BCUT2D eigenvalue weighted by molar-refractivity contribution is 7.89. The van der Waals surface area contributed by atoms with Crippen molar-refractivity contribution >= 4 is 37.5 Å². The zero-order valence-corrected chi connectivity index (χ0v) is 16.3. The highest BCUT2D eigenvalue weighted by atomic mass is 32.2. The van der Waals surface area contributed by atoms with E-state index in [-0.39, 0.29) is 10.9 Å². The molecule has 1 heterocycles. The van der Waals surface area contributed by atoms with Gasteiger partial charge >= 0.3 is 0 Å². The van der Waals surface area contributed by atoms with Crippen molar-refractivity contribution in [2.24, 2.45) is 0 Å². The van der Waals surface area contributed by atoms with E-state index in [4.69, 9.17) is 0 Å². The van der Waals surface area contributed by atoms with Crippen molar-refractivity contribution in [3.8, 4) is 0 Å². The van der Waals surface area contributed by atoms with Crippen LogP contribution in [0.5, 0.6) is 0 Å². The van der Waals surface area contributed by atoms with E-state index in [2.05, 4.69) is 9.71 Å². The van der Waals surface area contributed by atoms with Crippen molar-refractivity contribution in [1.29, 1.82) is 0 Å². The summed E-state index contributed by atoms with van der Waals surface area (Å²) in [5.74, 6) is -0.929. The fourth-order valence-electron chi connectivity index (χ4n) is 2.43. The number of rotatable bonds is 6. The van der Waals surface area contributed by atoms with Crippen LogP contribution in [0.15, 0.2) is 53.4 Å². The van der Waals surface area contributed by atoms with Gasteiger partial charge in [-0.1, -0.05) is 12.1 Å². The molecule has 0 unspecified atom stereocenters. The molecule has 0 aliphatic rings. The molecule has 0 saturated carbocycles. The van der Waals surface area contributed by atoms with E-state index < -0.39 is 28.3 Å². The van der Waals surface area contributed by atoms with E-state index in [0.717, 1.165) is 39.5 Å².